The van der Waals surface area contributed by atoms with Crippen LogP contribution < -0.4 is 5.32 Å². The highest BCUT2D eigenvalue weighted by Crippen LogP contribution is 2.26. The van der Waals surface area contributed by atoms with Gasteiger partial charge in [0, 0.05) is 36.2 Å². The van der Waals surface area contributed by atoms with Crippen LogP contribution in [-0.2, 0) is 16.3 Å². The summed E-state index contributed by atoms with van der Waals surface area (Å²) in [7, 11) is -3.57. The van der Waals surface area contributed by atoms with Crippen molar-refractivity contribution in [1.29, 1.82) is 0 Å². The highest BCUT2D eigenvalue weighted by Gasteiger charge is 2.18. The normalized spacial score (nSPS) is 11.4. The maximum Gasteiger partial charge on any atom is 0.270 e. The third kappa shape index (κ3) is 4.26. The van der Waals surface area contributed by atoms with Gasteiger partial charge in [0.1, 0.15) is 0 Å². The number of nitro groups is 1. The highest BCUT2D eigenvalue weighted by molar-refractivity contribution is 7.90. The van der Waals surface area contributed by atoms with Gasteiger partial charge < -0.3 is 5.32 Å². The molecule has 0 saturated heterocycles. The average Bonchev–Trinajstić information content (AvgIpc) is 2.76. The first-order valence-electron chi connectivity index (χ1n) is 6.84. The van der Waals surface area contributed by atoms with E-state index in [0.29, 0.717) is 18.7 Å². The van der Waals surface area contributed by atoms with Crippen LogP contribution in [0.25, 0.3) is 0 Å². The third-order valence-electron chi connectivity index (χ3n) is 3.24. The number of nitrogens with zero attached hydrogens (tertiary/aromatic N) is 2. The lowest BCUT2D eigenvalue weighted by Gasteiger charge is -2.10. The molecule has 0 radical (unpaired) electrons. The third-order valence-corrected chi connectivity index (χ3v) is 5.51. The second kappa shape index (κ2) is 6.63. The summed E-state index contributed by atoms with van der Waals surface area (Å²) in [6, 6.07) is 3.80. The number of rotatable bonds is 6. The van der Waals surface area contributed by atoms with Crippen molar-refractivity contribution in [3.05, 3.63) is 43.9 Å². The summed E-state index contributed by atoms with van der Waals surface area (Å²) >= 11 is 1.61. The molecule has 0 unspecified atom stereocenters. The van der Waals surface area contributed by atoms with E-state index >= 15 is 0 Å². The number of aromatic nitrogens is 1. The Morgan fingerprint density at radius 1 is 1.35 bits per heavy atom. The average molecular weight is 355 g/mol. The van der Waals surface area contributed by atoms with Crippen LogP contribution in [0.4, 0.5) is 11.4 Å². The zero-order valence-electron chi connectivity index (χ0n) is 13.0. The van der Waals surface area contributed by atoms with Gasteiger partial charge in [-0.05, 0) is 19.9 Å². The summed E-state index contributed by atoms with van der Waals surface area (Å²) < 4.78 is 23.7. The molecule has 0 fully saturated rings. The molecule has 1 aromatic heterocycles. The van der Waals surface area contributed by atoms with Crippen molar-refractivity contribution in [2.45, 2.75) is 25.2 Å². The summed E-state index contributed by atoms with van der Waals surface area (Å²) in [5, 5.41) is 14.9. The van der Waals surface area contributed by atoms with Crippen LogP contribution in [0.3, 0.4) is 0 Å². The van der Waals surface area contributed by atoms with Crippen LogP contribution in [0, 0.1) is 24.0 Å². The van der Waals surface area contributed by atoms with Gasteiger partial charge in [0.2, 0.25) is 0 Å². The zero-order valence-corrected chi connectivity index (χ0v) is 14.6. The van der Waals surface area contributed by atoms with E-state index in [1.807, 2.05) is 13.8 Å². The fourth-order valence-electron chi connectivity index (χ4n) is 2.19. The Kier molecular flexibility index (Phi) is 5.00. The first-order chi connectivity index (χ1) is 10.7. The van der Waals surface area contributed by atoms with E-state index in [1.54, 1.807) is 11.3 Å². The van der Waals surface area contributed by atoms with E-state index in [4.69, 9.17) is 0 Å². The molecule has 0 amide bonds. The number of hydrogen-bond acceptors (Lipinski definition) is 7. The number of benzene rings is 1. The molecule has 0 aliphatic heterocycles. The van der Waals surface area contributed by atoms with Gasteiger partial charge in [0.25, 0.3) is 5.69 Å². The summed E-state index contributed by atoms with van der Waals surface area (Å²) in [5.41, 5.74) is 1.10. The lowest BCUT2D eigenvalue weighted by Crippen LogP contribution is -2.09. The van der Waals surface area contributed by atoms with E-state index < -0.39 is 14.8 Å². The number of nitro benzene ring substituents is 1. The molecular weight excluding hydrogens is 338 g/mol. The van der Waals surface area contributed by atoms with Crippen molar-refractivity contribution in [2.75, 3.05) is 18.1 Å². The van der Waals surface area contributed by atoms with Crippen molar-refractivity contribution >= 4 is 32.5 Å². The smallest absolute Gasteiger partial charge is 0.270 e. The van der Waals surface area contributed by atoms with Gasteiger partial charge in [-0.2, -0.15) is 0 Å². The zero-order chi connectivity index (χ0) is 17.2. The minimum absolute atomic E-state index is 0.0658. The Morgan fingerprint density at radius 3 is 2.57 bits per heavy atom. The minimum Gasteiger partial charge on any atom is -0.384 e. The molecule has 23 heavy (non-hydrogen) atoms. The summed E-state index contributed by atoms with van der Waals surface area (Å²) in [6.07, 6.45) is 1.74. The summed E-state index contributed by atoms with van der Waals surface area (Å²) in [4.78, 5) is 15.6. The van der Waals surface area contributed by atoms with Crippen molar-refractivity contribution in [1.82, 2.24) is 4.98 Å². The molecule has 2 rings (SSSR count). The number of hydrogen-bond donors (Lipinski definition) is 1. The Balaban J connectivity index is 2.19. The van der Waals surface area contributed by atoms with Crippen molar-refractivity contribution in [3.8, 4) is 0 Å². The number of nitrogens with one attached hydrogen (secondary N) is 1. The van der Waals surface area contributed by atoms with Crippen LogP contribution in [0.15, 0.2) is 23.1 Å². The SMILES string of the molecule is Cc1nc(C)c(CCNc2ccc([N+](=O)[O-])cc2S(C)(=O)=O)s1. The summed E-state index contributed by atoms with van der Waals surface area (Å²) in [6.45, 7) is 4.39. The monoisotopic (exact) mass is 355 g/mol. The van der Waals surface area contributed by atoms with Crippen LogP contribution in [0.1, 0.15) is 15.6 Å². The predicted octanol–water partition coefficient (Wildman–Crippen LogP) is 2.73. The van der Waals surface area contributed by atoms with E-state index in [-0.39, 0.29) is 10.6 Å². The fraction of sp³-hybridized carbons (Fsp3) is 0.357. The molecule has 1 heterocycles. The molecule has 7 nitrogen and oxygen atoms in total. The lowest BCUT2D eigenvalue weighted by atomic mass is 10.2. The highest BCUT2D eigenvalue weighted by atomic mass is 32.2. The number of thiazole rings is 1. The molecule has 0 aliphatic rings. The first kappa shape index (κ1) is 17.4. The maximum atomic E-state index is 11.8. The van der Waals surface area contributed by atoms with Crippen LogP contribution >= 0.6 is 11.3 Å². The van der Waals surface area contributed by atoms with Gasteiger partial charge in [-0.1, -0.05) is 0 Å². The quantitative estimate of drug-likeness (QED) is 0.631. The van der Waals surface area contributed by atoms with Gasteiger partial charge in [0.15, 0.2) is 9.84 Å². The Hall–Kier alpha value is -2.00. The molecule has 1 aromatic carbocycles. The minimum atomic E-state index is -3.57. The van der Waals surface area contributed by atoms with Gasteiger partial charge >= 0.3 is 0 Å². The molecule has 9 heteroatoms. The molecule has 2 aromatic rings. The molecule has 1 N–H and O–H groups in total. The van der Waals surface area contributed by atoms with E-state index in [2.05, 4.69) is 10.3 Å². The second-order valence-corrected chi connectivity index (χ2v) is 8.40. The number of aryl methyl sites for hydroxylation is 2. The van der Waals surface area contributed by atoms with Crippen molar-refractivity contribution in [3.63, 3.8) is 0 Å². The molecule has 0 bridgehead atoms. The second-order valence-electron chi connectivity index (χ2n) is 5.13. The van der Waals surface area contributed by atoms with Gasteiger partial charge in [-0.15, -0.1) is 11.3 Å². The first-order valence-corrected chi connectivity index (χ1v) is 9.54. The van der Waals surface area contributed by atoms with E-state index in [1.165, 1.54) is 12.1 Å². The number of non-ortho nitro benzene ring substituents is 1. The Labute approximate surface area is 138 Å². The van der Waals surface area contributed by atoms with Gasteiger partial charge in [-0.3, -0.25) is 10.1 Å². The summed E-state index contributed by atoms with van der Waals surface area (Å²) in [5.74, 6) is 0. The standard InChI is InChI=1S/C14H17N3O4S2/c1-9-13(22-10(2)16-9)6-7-15-12-5-4-11(17(18)19)8-14(12)23(3,20)21/h4-5,8,15H,6-7H2,1-3H3. The van der Waals surface area contributed by atoms with E-state index in [0.717, 1.165) is 27.9 Å². The maximum absolute atomic E-state index is 11.8. The van der Waals surface area contributed by atoms with Crippen LogP contribution in [0.2, 0.25) is 0 Å². The van der Waals surface area contributed by atoms with E-state index in [9.17, 15) is 18.5 Å². The Morgan fingerprint density at radius 2 is 2.04 bits per heavy atom. The molecular formula is C14H17N3O4S2. The molecule has 0 aliphatic carbocycles. The van der Waals surface area contributed by atoms with Crippen molar-refractivity contribution in [2.24, 2.45) is 0 Å². The van der Waals surface area contributed by atoms with Crippen LogP contribution in [-0.4, -0.2) is 31.1 Å². The molecule has 124 valence electrons. The molecule has 0 saturated carbocycles. The largest absolute Gasteiger partial charge is 0.384 e. The molecule has 0 atom stereocenters. The molecule has 0 spiro atoms. The van der Waals surface area contributed by atoms with Crippen molar-refractivity contribution < 1.29 is 13.3 Å². The lowest BCUT2D eigenvalue weighted by molar-refractivity contribution is -0.385. The number of anilines is 1. The fourth-order valence-corrected chi connectivity index (χ4v) is 4.00. The Bertz CT molecular complexity index is 844. The topological polar surface area (TPSA) is 102 Å². The number of sulfone groups is 1. The predicted molar refractivity (Wildman–Crippen MR) is 90.0 cm³/mol. The van der Waals surface area contributed by atoms with Crippen LogP contribution in [0.5, 0.6) is 0 Å². The van der Waals surface area contributed by atoms with Gasteiger partial charge in [0.05, 0.1) is 26.2 Å². The van der Waals surface area contributed by atoms with Gasteiger partial charge in [-0.25, -0.2) is 13.4 Å².